The Bertz CT molecular complexity index is 812. The molecule has 1 unspecified atom stereocenters. The molecule has 0 bridgehead atoms. The minimum Gasteiger partial charge on any atom is -0.382 e. The Morgan fingerprint density at radius 1 is 1.18 bits per heavy atom. The molecule has 0 saturated carbocycles. The van der Waals surface area contributed by atoms with Crippen LogP contribution in [0.5, 0.6) is 0 Å². The maximum atomic E-state index is 12.8. The van der Waals surface area contributed by atoms with Crippen LogP contribution < -0.4 is 5.73 Å². The zero-order valence-electron chi connectivity index (χ0n) is 11.4. The molecule has 0 saturated heterocycles. The highest BCUT2D eigenvalue weighted by Gasteiger charge is 2.38. The molecular formula is C13H11F3N6. The molecule has 3 aromatic rings. The number of rotatable bonds is 2. The fraction of sp³-hybridized carbons (Fsp3) is 0.231. The number of anilines is 1. The largest absolute Gasteiger partial charge is 0.453 e. The van der Waals surface area contributed by atoms with Crippen LogP contribution >= 0.6 is 0 Å². The molecule has 0 aliphatic heterocycles. The number of aromatic nitrogens is 5. The van der Waals surface area contributed by atoms with Gasteiger partial charge in [-0.25, -0.2) is 0 Å². The summed E-state index contributed by atoms with van der Waals surface area (Å²) >= 11 is 0. The summed E-state index contributed by atoms with van der Waals surface area (Å²) in [5.41, 5.74) is 7.33. The van der Waals surface area contributed by atoms with Crippen LogP contribution in [0.3, 0.4) is 0 Å². The van der Waals surface area contributed by atoms with Gasteiger partial charge in [-0.2, -0.15) is 17.7 Å². The third-order valence-corrected chi connectivity index (χ3v) is 3.38. The Kier molecular flexibility index (Phi) is 3.19. The van der Waals surface area contributed by atoms with Crippen molar-refractivity contribution in [2.45, 2.75) is 19.0 Å². The second kappa shape index (κ2) is 4.93. The lowest BCUT2D eigenvalue weighted by atomic mass is 9.95. The van der Waals surface area contributed by atoms with Gasteiger partial charge in [-0.1, -0.05) is 6.92 Å². The Labute approximate surface area is 122 Å². The number of alkyl halides is 3. The van der Waals surface area contributed by atoms with Crippen molar-refractivity contribution in [2.75, 3.05) is 5.73 Å². The zero-order chi connectivity index (χ0) is 15.9. The summed E-state index contributed by atoms with van der Waals surface area (Å²) in [4.78, 5) is 3.93. The summed E-state index contributed by atoms with van der Waals surface area (Å²) in [5, 5.41) is 10.4. The Morgan fingerprint density at radius 2 is 1.86 bits per heavy atom. The van der Waals surface area contributed by atoms with Crippen molar-refractivity contribution < 1.29 is 13.2 Å². The lowest BCUT2D eigenvalue weighted by molar-refractivity contribution is -0.146. The highest BCUT2D eigenvalue weighted by molar-refractivity contribution is 5.53. The summed E-state index contributed by atoms with van der Waals surface area (Å²) < 4.78 is 39.0. The van der Waals surface area contributed by atoms with Gasteiger partial charge in [0.25, 0.3) is 5.82 Å². The van der Waals surface area contributed by atoms with Crippen molar-refractivity contribution in [3.63, 3.8) is 0 Å². The summed E-state index contributed by atoms with van der Waals surface area (Å²) in [6.07, 6.45) is -1.38. The van der Waals surface area contributed by atoms with E-state index in [4.69, 9.17) is 5.73 Å². The molecule has 2 N–H and O–H groups in total. The molecule has 9 heteroatoms. The summed E-state index contributed by atoms with van der Waals surface area (Å²) in [6, 6.07) is 5.08. The number of halogens is 3. The minimum absolute atomic E-state index is 0.00196. The topological polar surface area (TPSA) is 82.0 Å². The van der Waals surface area contributed by atoms with Crippen LogP contribution in [0.25, 0.3) is 5.65 Å². The van der Waals surface area contributed by atoms with Crippen molar-refractivity contribution in [1.82, 2.24) is 24.8 Å². The number of nitrogens with two attached hydrogens (primary N) is 1. The first kappa shape index (κ1) is 14.2. The van der Waals surface area contributed by atoms with E-state index in [0.717, 1.165) is 5.56 Å². The predicted octanol–water partition coefficient (Wildman–Crippen LogP) is 2.27. The highest BCUT2D eigenvalue weighted by Crippen LogP contribution is 2.31. The van der Waals surface area contributed by atoms with E-state index < -0.39 is 12.0 Å². The second-order valence-electron chi connectivity index (χ2n) is 4.78. The second-order valence-corrected chi connectivity index (χ2v) is 4.78. The average Bonchev–Trinajstić information content (AvgIpc) is 2.89. The van der Waals surface area contributed by atoms with E-state index >= 15 is 0 Å². The lowest BCUT2D eigenvalue weighted by Crippen LogP contribution is -2.14. The van der Waals surface area contributed by atoms with Crippen LogP contribution in [0.4, 0.5) is 19.0 Å². The molecule has 0 aliphatic carbocycles. The number of nitrogens with zero attached hydrogens (tertiary/aromatic N) is 5. The molecule has 114 valence electrons. The Balaban J connectivity index is 2.11. The van der Waals surface area contributed by atoms with Crippen molar-refractivity contribution in [3.05, 3.63) is 47.5 Å². The zero-order valence-corrected chi connectivity index (χ0v) is 11.4. The van der Waals surface area contributed by atoms with Crippen molar-refractivity contribution in [1.29, 1.82) is 0 Å². The van der Waals surface area contributed by atoms with Crippen LogP contribution in [0.2, 0.25) is 0 Å². The van der Waals surface area contributed by atoms with E-state index in [9.17, 15) is 13.2 Å². The molecule has 0 fully saturated rings. The predicted molar refractivity (Wildman–Crippen MR) is 72.0 cm³/mol. The third-order valence-electron chi connectivity index (χ3n) is 3.38. The van der Waals surface area contributed by atoms with Gasteiger partial charge in [-0.15, -0.1) is 15.3 Å². The van der Waals surface area contributed by atoms with Gasteiger partial charge in [0.1, 0.15) is 5.82 Å². The van der Waals surface area contributed by atoms with Gasteiger partial charge in [0.05, 0.1) is 0 Å². The van der Waals surface area contributed by atoms with E-state index in [0.29, 0.717) is 10.1 Å². The molecule has 0 aromatic carbocycles. The van der Waals surface area contributed by atoms with Gasteiger partial charge in [0.15, 0.2) is 5.65 Å². The third kappa shape index (κ3) is 2.34. The van der Waals surface area contributed by atoms with Gasteiger partial charge in [-0.05, 0) is 23.8 Å². The summed E-state index contributed by atoms with van der Waals surface area (Å²) in [6.45, 7) is 1.88. The van der Waals surface area contributed by atoms with Gasteiger partial charge >= 0.3 is 6.18 Å². The molecule has 0 spiro atoms. The quantitative estimate of drug-likeness (QED) is 0.785. The molecular weight excluding hydrogens is 297 g/mol. The van der Waals surface area contributed by atoms with Gasteiger partial charge < -0.3 is 5.73 Å². The first-order valence-electron chi connectivity index (χ1n) is 6.37. The van der Waals surface area contributed by atoms with Crippen molar-refractivity contribution in [2.24, 2.45) is 0 Å². The van der Waals surface area contributed by atoms with E-state index in [1.165, 1.54) is 6.07 Å². The van der Waals surface area contributed by atoms with E-state index in [-0.39, 0.29) is 17.4 Å². The van der Waals surface area contributed by atoms with Crippen LogP contribution in [0, 0.1) is 0 Å². The van der Waals surface area contributed by atoms with Crippen molar-refractivity contribution in [3.8, 4) is 0 Å². The van der Waals surface area contributed by atoms with Gasteiger partial charge in [-0.3, -0.25) is 4.98 Å². The normalized spacial score (nSPS) is 13.5. The Morgan fingerprint density at radius 3 is 2.50 bits per heavy atom. The van der Waals surface area contributed by atoms with Crippen LogP contribution in [-0.2, 0) is 6.18 Å². The highest BCUT2D eigenvalue weighted by atomic mass is 19.4. The number of nitrogen functional groups attached to an aromatic ring is 1. The number of hydrogen-bond acceptors (Lipinski definition) is 5. The van der Waals surface area contributed by atoms with E-state index in [1.54, 1.807) is 24.5 Å². The maximum Gasteiger partial charge on any atom is 0.453 e. The van der Waals surface area contributed by atoms with E-state index in [1.807, 2.05) is 6.92 Å². The average molecular weight is 308 g/mol. The first-order valence-corrected chi connectivity index (χ1v) is 6.37. The molecule has 0 radical (unpaired) electrons. The number of fused-ring (bicyclic) bond motifs is 1. The minimum atomic E-state index is -4.64. The molecule has 1 atom stereocenters. The monoisotopic (exact) mass is 308 g/mol. The molecule has 0 aliphatic rings. The smallest absolute Gasteiger partial charge is 0.382 e. The maximum absolute atomic E-state index is 12.8. The van der Waals surface area contributed by atoms with Crippen LogP contribution in [0.15, 0.2) is 30.6 Å². The molecule has 3 heterocycles. The molecule has 0 amide bonds. The SMILES string of the molecule is CC(c1ccncc1)c1cc2nnc(C(F)(F)F)n2nc1N. The van der Waals surface area contributed by atoms with Crippen LogP contribution in [-0.4, -0.2) is 24.8 Å². The standard InChI is InChI=1S/C13H11F3N6/c1-7(8-2-4-18-5-3-8)9-6-10-19-20-12(13(14,15)16)22(10)21-11(9)17/h2-7H,1H3,(H2,17,21). The first-order chi connectivity index (χ1) is 10.4. The van der Waals surface area contributed by atoms with Crippen LogP contribution in [0.1, 0.15) is 29.8 Å². The summed E-state index contributed by atoms with van der Waals surface area (Å²) in [7, 11) is 0. The molecule has 3 aromatic heterocycles. The van der Waals surface area contributed by atoms with Crippen molar-refractivity contribution >= 4 is 11.5 Å². The fourth-order valence-corrected chi connectivity index (χ4v) is 2.21. The molecule has 22 heavy (non-hydrogen) atoms. The summed E-state index contributed by atoms with van der Waals surface area (Å²) in [5.74, 6) is -1.36. The fourth-order valence-electron chi connectivity index (χ4n) is 2.21. The molecule has 6 nitrogen and oxygen atoms in total. The van der Waals surface area contributed by atoms with Gasteiger partial charge in [0, 0.05) is 23.9 Å². The number of pyridine rings is 1. The Hall–Kier alpha value is -2.71. The van der Waals surface area contributed by atoms with E-state index in [2.05, 4.69) is 20.3 Å². The lowest BCUT2D eigenvalue weighted by Gasteiger charge is -2.14. The molecule has 3 rings (SSSR count). The van der Waals surface area contributed by atoms with Gasteiger partial charge in [0.2, 0.25) is 0 Å². The number of hydrogen-bond donors (Lipinski definition) is 1.